The fraction of sp³-hybridized carbons (Fsp3) is 0. The fourth-order valence-corrected chi connectivity index (χ4v) is 4.18. The summed E-state index contributed by atoms with van der Waals surface area (Å²) in [6.07, 6.45) is 0. The quantitative estimate of drug-likeness (QED) is 0.653. The normalized spacial score (nSPS) is 13.5. The van der Waals surface area contributed by atoms with Crippen LogP contribution in [0.15, 0.2) is 60.7 Å². The van der Waals surface area contributed by atoms with E-state index in [0.717, 1.165) is 0 Å². The van der Waals surface area contributed by atoms with Crippen LogP contribution in [0.3, 0.4) is 0 Å². The second-order valence-corrected chi connectivity index (χ2v) is 7.06. The molecule has 0 saturated carbocycles. The first kappa shape index (κ1) is 16.4. The molecule has 0 aromatic heterocycles. The Morgan fingerprint density at radius 3 is 1.09 bits per heavy atom. The van der Waals surface area contributed by atoms with E-state index in [1.54, 1.807) is 12.1 Å². The van der Waals surface area contributed by atoms with Gasteiger partial charge < -0.3 is 0 Å². The van der Waals surface area contributed by atoms with Gasteiger partial charge in [0.1, 0.15) is 9.81 Å². The van der Waals surface area contributed by atoms with Gasteiger partial charge in [-0.25, -0.2) is 0 Å². The Hall–Kier alpha value is -2.00. The summed E-state index contributed by atoms with van der Waals surface area (Å²) in [6.45, 7) is 0. The zero-order valence-corrected chi connectivity index (χ0v) is 12.8. The van der Waals surface area contributed by atoms with Crippen LogP contribution in [-0.4, -0.2) is 25.9 Å². The molecule has 0 bridgehead atoms. The van der Waals surface area contributed by atoms with Crippen LogP contribution < -0.4 is 0 Å². The van der Waals surface area contributed by atoms with Crippen LogP contribution >= 0.6 is 0 Å². The van der Waals surface area contributed by atoms with Gasteiger partial charge in [0.25, 0.3) is 20.2 Å². The number of hydrogen-bond donors (Lipinski definition) is 2. The van der Waals surface area contributed by atoms with Gasteiger partial charge in [-0.05, 0) is 11.1 Å². The van der Waals surface area contributed by atoms with Crippen molar-refractivity contribution in [1.29, 1.82) is 0 Å². The molecule has 0 aliphatic carbocycles. The molecule has 2 N–H and O–H groups in total. The van der Waals surface area contributed by atoms with E-state index in [9.17, 15) is 25.9 Å². The van der Waals surface area contributed by atoms with Crippen LogP contribution in [0.4, 0.5) is 0 Å². The highest BCUT2D eigenvalue weighted by Gasteiger charge is 2.30. The van der Waals surface area contributed by atoms with E-state index >= 15 is 0 Å². The molecule has 8 heteroatoms. The van der Waals surface area contributed by atoms with Crippen LogP contribution in [0.5, 0.6) is 0 Å². The number of hydrogen-bond acceptors (Lipinski definition) is 4. The lowest BCUT2D eigenvalue weighted by Crippen LogP contribution is -2.11. The van der Waals surface area contributed by atoms with Crippen LogP contribution in [-0.2, 0) is 20.2 Å². The van der Waals surface area contributed by atoms with Gasteiger partial charge in [0.15, 0.2) is 0 Å². The molecule has 22 heavy (non-hydrogen) atoms. The lowest BCUT2D eigenvalue weighted by atomic mass is 10.1. The second-order valence-electron chi connectivity index (χ2n) is 4.34. The second kappa shape index (κ2) is 6.01. The van der Waals surface area contributed by atoms with Gasteiger partial charge >= 0.3 is 0 Å². The van der Waals surface area contributed by atoms with Crippen LogP contribution in [0, 0.1) is 0 Å². The third-order valence-corrected chi connectivity index (χ3v) is 4.83. The smallest absolute Gasteiger partial charge is 0.282 e. The standard InChI is InChI=1S/C14H12O6S2/c15-21(16,17)13(11-7-3-1-4-8-11)14(22(18,19)20)12-9-5-2-6-10-12/h1-10H,(H,15,16,17)(H,18,19,20). The summed E-state index contributed by atoms with van der Waals surface area (Å²) in [5.41, 5.74) is -0.108. The van der Waals surface area contributed by atoms with Crippen molar-refractivity contribution < 1.29 is 25.9 Å². The van der Waals surface area contributed by atoms with Gasteiger partial charge in [-0.2, -0.15) is 16.8 Å². The van der Waals surface area contributed by atoms with Gasteiger partial charge in [-0.15, -0.1) is 0 Å². The monoisotopic (exact) mass is 340 g/mol. The Balaban J connectivity index is 2.97. The lowest BCUT2D eigenvalue weighted by molar-refractivity contribution is 0.491. The van der Waals surface area contributed by atoms with E-state index in [1.807, 2.05) is 0 Å². The largest absolute Gasteiger partial charge is 0.296 e. The van der Waals surface area contributed by atoms with E-state index in [-0.39, 0.29) is 11.1 Å². The average molecular weight is 340 g/mol. The Morgan fingerprint density at radius 2 is 0.864 bits per heavy atom. The maximum atomic E-state index is 11.7. The summed E-state index contributed by atoms with van der Waals surface area (Å²) in [6, 6.07) is 14.4. The molecule has 0 fully saturated rings. The zero-order valence-electron chi connectivity index (χ0n) is 11.1. The van der Waals surface area contributed by atoms with Crippen molar-refractivity contribution in [2.45, 2.75) is 0 Å². The van der Waals surface area contributed by atoms with Crippen LogP contribution in [0.1, 0.15) is 11.1 Å². The first-order valence-corrected chi connectivity index (χ1v) is 8.89. The minimum Gasteiger partial charge on any atom is -0.282 e. The van der Waals surface area contributed by atoms with Crippen molar-refractivity contribution in [3.05, 3.63) is 71.8 Å². The van der Waals surface area contributed by atoms with E-state index < -0.39 is 30.0 Å². The van der Waals surface area contributed by atoms with Crippen molar-refractivity contribution in [2.75, 3.05) is 0 Å². The summed E-state index contributed by atoms with van der Waals surface area (Å²) in [5, 5.41) is 0. The van der Waals surface area contributed by atoms with Gasteiger partial charge in [-0.3, -0.25) is 9.11 Å². The van der Waals surface area contributed by atoms with E-state index in [2.05, 4.69) is 0 Å². The average Bonchev–Trinajstić information content (AvgIpc) is 2.44. The first-order valence-electron chi connectivity index (χ1n) is 6.01. The summed E-state index contributed by atoms with van der Waals surface area (Å²) >= 11 is 0. The van der Waals surface area contributed by atoms with Crippen molar-refractivity contribution in [2.24, 2.45) is 0 Å². The zero-order chi connectivity index (χ0) is 16.4. The molecule has 2 aromatic rings. The number of benzene rings is 2. The molecule has 0 saturated heterocycles. The molecule has 0 atom stereocenters. The number of rotatable bonds is 4. The first-order chi connectivity index (χ1) is 10.2. The molecule has 0 heterocycles. The van der Waals surface area contributed by atoms with Gasteiger partial charge in [-0.1, -0.05) is 60.7 Å². The van der Waals surface area contributed by atoms with Crippen molar-refractivity contribution in [3.63, 3.8) is 0 Å². The molecule has 2 rings (SSSR count). The third kappa shape index (κ3) is 3.60. The van der Waals surface area contributed by atoms with E-state index in [1.165, 1.54) is 48.5 Å². The highest BCUT2D eigenvalue weighted by molar-refractivity contribution is 8.01. The molecular weight excluding hydrogens is 328 g/mol. The summed E-state index contributed by atoms with van der Waals surface area (Å²) in [5.74, 6) is 0. The van der Waals surface area contributed by atoms with Crippen molar-refractivity contribution in [3.8, 4) is 0 Å². The Labute approximate surface area is 128 Å². The molecule has 0 amide bonds. The Bertz CT molecular complexity index is 821. The highest BCUT2D eigenvalue weighted by atomic mass is 32.2. The summed E-state index contributed by atoms with van der Waals surface area (Å²) in [7, 11) is -9.82. The van der Waals surface area contributed by atoms with Gasteiger partial charge in [0.05, 0.1) is 0 Å². The van der Waals surface area contributed by atoms with Gasteiger partial charge in [0, 0.05) is 0 Å². The Morgan fingerprint density at radius 1 is 0.591 bits per heavy atom. The van der Waals surface area contributed by atoms with Crippen molar-refractivity contribution >= 4 is 30.0 Å². The van der Waals surface area contributed by atoms with Crippen LogP contribution in [0.2, 0.25) is 0 Å². The third-order valence-electron chi connectivity index (χ3n) is 2.79. The molecule has 2 aromatic carbocycles. The molecule has 0 aliphatic rings. The van der Waals surface area contributed by atoms with E-state index in [0.29, 0.717) is 0 Å². The maximum Gasteiger partial charge on any atom is 0.296 e. The molecule has 0 radical (unpaired) electrons. The predicted molar refractivity (Wildman–Crippen MR) is 82.8 cm³/mol. The molecule has 0 spiro atoms. The lowest BCUT2D eigenvalue weighted by Gasteiger charge is -2.11. The molecule has 0 unspecified atom stereocenters. The van der Waals surface area contributed by atoms with E-state index in [4.69, 9.17) is 0 Å². The van der Waals surface area contributed by atoms with Crippen LogP contribution in [0.25, 0.3) is 9.81 Å². The summed E-state index contributed by atoms with van der Waals surface area (Å²) < 4.78 is 65.8. The molecule has 116 valence electrons. The maximum absolute atomic E-state index is 11.7. The minimum atomic E-state index is -4.91. The predicted octanol–water partition coefficient (Wildman–Crippen LogP) is 2.29. The Kier molecular flexibility index (Phi) is 4.47. The van der Waals surface area contributed by atoms with Gasteiger partial charge in [0.2, 0.25) is 0 Å². The fourth-order valence-electron chi connectivity index (χ4n) is 1.97. The topological polar surface area (TPSA) is 109 Å². The van der Waals surface area contributed by atoms with Crippen molar-refractivity contribution in [1.82, 2.24) is 0 Å². The highest BCUT2D eigenvalue weighted by Crippen LogP contribution is 2.33. The molecule has 6 nitrogen and oxygen atoms in total. The minimum absolute atomic E-state index is 0.0542. The molecule has 0 aliphatic heterocycles. The SMILES string of the molecule is O=S(=O)(O)C(=C(c1ccccc1)S(=O)(=O)O)c1ccccc1. The molecular formula is C14H12O6S2. The summed E-state index contributed by atoms with van der Waals surface area (Å²) in [4.78, 5) is -1.75.